The molecule has 0 bridgehead atoms. The van der Waals surface area contributed by atoms with Crippen molar-refractivity contribution in [3.63, 3.8) is 0 Å². The maximum absolute atomic E-state index is 13.2. The van der Waals surface area contributed by atoms with Crippen LogP contribution < -0.4 is 19.5 Å². The van der Waals surface area contributed by atoms with Gasteiger partial charge in [0.1, 0.15) is 13.2 Å². The lowest BCUT2D eigenvalue weighted by molar-refractivity contribution is -0.118. The second-order valence-corrected chi connectivity index (χ2v) is 9.39. The molecule has 0 aromatic heterocycles. The van der Waals surface area contributed by atoms with Gasteiger partial charge < -0.3 is 19.3 Å². The van der Waals surface area contributed by atoms with Gasteiger partial charge in [-0.15, -0.1) is 4.72 Å². The average Bonchev–Trinajstić information content (AvgIpc) is 3.66. The molecular weight excluding hydrogens is 424 g/mol. The molecule has 2 aliphatic rings. The Kier molecular flexibility index (Phi) is 5.55. The maximum atomic E-state index is 13.2. The van der Waals surface area contributed by atoms with Crippen LogP contribution in [0.1, 0.15) is 18.4 Å². The van der Waals surface area contributed by atoms with E-state index < -0.39 is 16.8 Å². The number of benzene rings is 3. The van der Waals surface area contributed by atoms with Crippen molar-refractivity contribution in [1.29, 1.82) is 0 Å². The van der Waals surface area contributed by atoms with Crippen LogP contribution in [0.25, 0.3) is 11.1 Å². The Hall–Kier alpha value is -3.00. The molecule has 0 saturated heterocycles. The lowest BCUT2D eigenvalue weighted by Crippen LogP contribution is -2.28. The molecule has 1 saturated carbocycles. The third-order valence-corrected chi connectivity index (χ3v) is 7.06. The zero-order chi connectivity index (χ0) is 22.1. The molecule has 1 fully saturated rings. The normalized spacial score (nSPS) is 16.8. The Labute approximate surface area is 190 Å². The number of rotatable bonds is 6. The van der Waals surface area contributed by atoms with Gasteiger partial charge in [-0.05, 0) is 78.1 Å². The minimum atomic E-state index is -1.21. The number of carbonyl (C=O) groups is 1. The van der Waals surface area contributed by atoms with Crippen molar-refractivity contribution in [2.24, 2.45) is 0 Å². The molecule has 1 aliphatic carbocycles. The fourth-order valence-electron chi connectivity index (χ4n) is 4.03. The summed E-state index contributed by atoms with van der Waals surface area (Å²) in [5, 5.41) is 3.10. The smallest absolute Gasteiger partial charge is 0.235 e. The summed E-state index contributed by atoms with van der Waals surface area (Å²) in [4.78, 5) is 14.0. The summed E-state index contributed by atoms with van der Waals surface area (Å²) in [6, 6.07) is 21.1. The molecule has 3 aromatic rings. The summed E-state index contributed by atoms with van der Waals surface area (Å²) >= 11 is -1.21. The third kappa shape index (κ3) is 3.95. The second-order valence-electron chi connectivity index (χ2n) is 7.97. The highest BCUT2D eigenvalue weighted by Gasteiger charge is 2.51. The largest absolute Gasteiger partial charge is 0.593 e. The molecule has 0 spiro atoms. The van der Waals surface area contributed by atoms with Crippen LogP contribution in [0.15, 0.2) is 71.6 Å². The Balaban J connectivity index is 1.34. The Morgan fingerprint density at radius 3 is 2.41 bits per heavy atom. The minimum absolute atomic E-state index is 0.00825. The maximum Gasteiger partial charge on any atom is 0.235 e. The number of hydrogen-bond acceptors (Lipinski definition) is 5. The Morgan fingerprint density at radius 1 is 0.938 bits per heavy atom. The molecule has 1 atom stereocenters. The standard InChI is InChI=1S/C25H24N2O4S/c1-26-32(29)21-8-5-17(6-9-21)18-3-2-4-20(15-18)27-24(28)25(11-12-25)19-7-10-22-23(16-19)31-14-13-30-22/h2-10,15-16,26H,11-14H2,1H3,(H,27,28). The van der Waals surface area contributed by atoms with E-state index in [0.29, 0.717) is 19.0 Å². The topological polar surface area (TPSA) is 82.7 Å². The fourth-order valence-corrected chi connectivity index (χ4v) is 4.65. The van der Waals surface area contributed by atoms with Crippen molar-refractivity contribution in [2.75, 3.05) is 25.6 Å². The zero-order valence-corrected chi connectivity index (χ0v) is 18.5. The number of carbonyl (C=O) groups excluding carboxylic acids is 1. The van der Waals surface area contributed by atoms with Crippen LogP contribution in [0.3, 0.4) is 0 Å². The monoisotopic (exact) mass is 448 g/mol. The van der Waals surface area contributed by atoms with Crippen molar-refractivity contribution in [1.82, 2.24) is 4.72 Å². The van der Waals surface area contributed by atoms with Gasteiger partial charge in [-0.2, -0.15) is 0 Å². The van der Waals surface area contributed by atoms with Crippen molar-refractivity contribution >= 4 is 23.0 Å². The minimum Gasteiger partial charge on any atom is -0.593 e. The van der Waals surface area contributed by atoms with Crippen LogP contribution in [0, 0.1) is 0 Å². The molecule has 3 aromatic carbocycles. The molecule has 7 heteroatoms. The first-order valence-electron chi connectivity index (χ1n) is 10.6. The lowest BCUT2D eigenvalue weighted by atomic mass is 9.94. The van der Waals surface area contributed by atoms with E-state index in [0.717, 1.165) is 45.9 Å². The summed E-state index contributed by atoms with van der Waals surface area (Å²) in [6.07, 6.45) is 1.62. The molecular formula is C25H24N2O4S. The van der Waals surface area contributed by atoms with Gasteiger partial charge in [0.05, 0.1) is 16.8 Å². The summed E-state index contributed by atoms with van der Waals surface area (Å²) in [7, 11) is 1.66. The molecule has 2 N–H and O–H groups in total. The molecule has 1 heterocycles. The SMILES string of the molecule is CN[S+]([O-])c1ccc(-c2cccc(NC(=O)C3(c4ccc5c(c4)OCCO5)CC3)c2)cc1. The van der Waals surface area contributed by atoms with Crippen molar-refractivity contribution in [2.45, 2.75) is 23.2 Å². The van der Waals surface area contributed by atoms with E-state index in [1.165, 1.54) is 0 Å². The van der Waals surface area contributed by atoms with Gasteiger partial charge in [0.25, 0.3) is 0 Å². The molecule has 32 heavy (non-hydrogen) atoms. The molecule has 1 unspecified atom stereocenters. The summed E-state index contributed by atoms with van der Waals surface area (Å²) < 4.78 is 25.9. The van der Waals surface area contributed by atoms with E-state index in [1.807, 2.05) is 66.7 Å². The van der Waals surface area contributed by atoms with Crippen LogP contribution in [-0.4, -0.2) is 30.7 Å². The second kappa shape index (κ2) is 8.50. The highest BCUT2D eigenvalue weighted by molar-refractivity contribution is 7.89. The van der Waals surface area contributed by atoms with Gasteiger partial charge in [0.2, 0.25) is 5.91 Å². The first-order chi connectivity index (χ1) is 15.6. The van der Waals surface area contributed by atoms with Gasteiger partial charge in [0, 0.05) is 12.7 Å². The predicted molar refractivity (Wildman–Crippen MR) is 124 cm³/mol. The van der Waals surface area contributed by atoms with Gasteiger partial charge in [-0.1, -0.05) is 18.2 Å². The molecule has 5 rings (SSSR count). The number of amides is 1. The average molecular weight is 449 g/mol. The van der Waals surface area contributed by atoms with Crippen molar-refractivity contribution < 1.29 is 18.8 Å². The Morgan fingerprint density at radius 2 is 1.69 bits per heavy atom. The molecule has 0 radical (unpaired) electrons. The lowest BCUT2D eigenvalue weighted by Gasteiger charge is -2.21. The quantitative estimate of drug-likeness (QED) is 0.556. The van der Waals surface area contributed by atoms with E-state index in [9.17, 15) is 9.35 Å². The Bertz CT molecular complexity index is 1140. The van der Waals surface area contributed by atoms with Crippen LogP contribution in [-0.2, 0) is 21.6 Å². The van der Waals surface area contributed by atoms with Crippen molar-refractivity contribution in [3.8, 4) is 22.6 Å². The van der Waals surface area contributed by atoms with Crippen LogP contribution in [0.4, 0.5) is 5.69 Å². The molecule has 6 nitrogen and oxygen atoms in total. The number of anilines is 1. The van der Waals surface area contributed by atoms with E-state index >= 15 is 0 Å². The highest BCUT2D eigenvalue weighted by Crippen LogP contribution is 2.51. The molecule has 1 aliphatic heterocycles. The van der Waals surface area contributed by atoms with Crippen LogP contribution in [0.5, 0.6) is 11.5 Å². The van der Waals surface area contributed by atoms with E-state index in [-0.39, 0.29) is 5.91 Å². The first-order valence-corrected chi connectivity index (χ1v) is 11.8. The van der Waals surface area contributed by atoms with E-state index in [4.69, 9.17) is 9.47 Å². The number of hydrogen-bond donors (Lipinski definition) is 2. The van der Waals surface area contributed by atoms with E-state index in [2.05, 4.69) is 10.0 Å². The number of nitrogens with one attached hydrogen (secondary N) is 2. The predicted octanol–water partition coefficient (Wildman–Crippen LogP) is 4.04. The van der Waals surface area contributed by atoms with Gasteiger partial charge in [0.15, 0.2) is 16.4 Å². The highest BCUT2D eigenvalue weighted by atomic mass is 32.2. The first kappa shape index (κ1) is 20.9. The molecule has 164 valence electrons. The van der Waals surface area contributed by atoms with Crippen molar-refractivity contribution in [3.05, 3.63) is 72.3 Å². The zero-order valence-electron chi connectivity index (χ0n) is 17.7. The van der Waals surface area contributed by atoms with Gasteiger partial charge in [-0.25, -0.2) is 0 Å². The fraction of sp³-hybridized carbons (Fsp3) is 0.240. The van der Waals surface area contributed by atoms with Gasteiger partial charge >= 0.3 is 0 Å². The summed E-state index contributed by atoms with van der Waals surface area (Å²) in [6.45, 7) is 1.07. The van der Waals surface area contributed by atoms with E-state index in [1.54, 1.807) is 7.05 Å². The van der Waals surface area contributed by atoms with Gasteiger partial charge in [-0.3, -0.25) is 4.79 Å². The van der Waals surface area contributed by atoms with Crippen LogP contribution in [0.2, 0.25) is 0 Å². The number of ether oxygens (including phenoxy) is 2. The summed E-state index contributed by atoms with van der Waals surface area (Å²) in [5.74, 6) is 1.43. The summed E-state index contributed by atoms with van der Waals surface area (Å²) in [5.41, 5.74) is 3.16. The van der Waals surface area contributed by atoms with Crippen LogP contribution >= 0.6 is 0 Å². The third-order valence-electron chi connectivity index (χ3n) is 5.99. The molecule has 1 amide bonds. The number of fused-ring (bicyclic) bond motifs is 1.